The molecule has 7 heteroatoms. The SMILES string of the molecule is COc1ccc([C@H](C)NC(=O)c2cn3c(n2)CN(CC(C)C)CC3)cc1OC. The molecule has 1 amide bonds. The number of rotatable bonds is 7. The summed E-state index contributed by atoms with van der Waals surface area (Å²) in [5.41, 5.74) is 1.41. The number of nitrogens with zero attached hydrogens (tertiary/aromatic N) is 3. The Morgan fingerprint density at radius 3 is 2.61 bits per heavy atom. The Morgan fingerprint density at radius 1 is 1.18 bits per heavy atom. The summed E-state index contributed by atoms with van der Waals surface area (Å²) in [6.07, 6.45) is 1.86. The molecule has 1 N–H and O–H groups in total. The zero-order valence-corrected chi connectivity index (χ0v) is 17.4. The van der Waals surface area contributed by atoms with Gasteiger partial charge in [0.05, 0.1) is 26.8 Å². The largest absolute Gasteiger partial charge is 0.493 e. The van der Waals surface area contributed by atoms with Crippen LogP contribution in [0.4, 0.5) is 0 Å². The number of benzene rings is 1. The molecule has 7 nitrogen and oxygen atoms in total. The third-order valence-corrected chi connectivity index (χ3v) is 4.99. The van der Waals surface area contributed by atoms with Crippen molar-refractivity contribution >= 4 is 5.91 Å². The summed E-state index contributed by atoms with van der Waals surface area (Å²) in [5, 5.41) is 3.03. The standard InChI is InChI=1S/C21H30N4O3/c1-14(2)11-24-8-9-25-12-17(23-20(25)13-24)21(26)22-15(3)16-6-7-18(27-4)19(10-16)28-5/h6-7,10,12,14-15H,8-9,11,13H2,1-5H3,(H,22,26)/t15-/m0/s1. The highest BCUT2D eigenvalue weighted by Crippen LogP contribution is 2.30. The lowest BCUT2D eigenvalue weighted by Crippen LogP contribution is -2.35. The van der Waals surface area contributed by atoms with Gasteiger partial charge in [-0.1, -0.05) is 19.9 Å². The van der Waals surface area contributed by atoms with Crippen molar-refractivity contribution in [2.24, 2.45) is 5.92 Å². The van der Waals surface area contributed by atoms with Gasteiger partial charge in [-0.3, -0.25) is 9.69 Å². The van der Waals surface area contributed by atoms with Crippen molar-refractivity contribution in [1.82, 2.24) is 19.8 Å². The van der Waals surface area contributed by atoms with Crippen molar-refractivity contribution in [3.05, 3.63) is 41.5 Å². The third kappa shape index (κ3) is 4.47. The number of hydrogen-bond acceptors (Lipinski definition) is 5. The van der Waals surface area contributed by atoms with Crippen molar-refractivity contribution in [2.45, 2.75) is 39.9 Å². The van der Waals surface area contributed by atoms with Crippen molar-refractivity contribution in [3.8, 4) is 11.5 Å². The van der Waals surface area contributed by atoms with E-state index in [1.54, 1.807) is 14.2 Å². The predicted molar refractivity (Wildman–Crippen MR) is 108 cm³/mol. The molecule has 1 atom stereocenters. The molecule has 0 fully saturated rings. The molecule has 28 heavy (non-hydrogen) atoms. The van der Waals surface area contributed by atoms with E-state index in [0.717, 1.165) is 37.6 Å². The van der Waals surface area contributed by atoms with Crippen LogP contribution < -0.4 is 14.8 Å². The van der Waals surface area contributed by atoms with Crippen LogP contribution in [-0.2, 0) is 13.1 Å². The second-order valence-corrected chi connectivity index (χ2v) is 7.67. The van der Waals surface area contributed by atoms with E-state index in [1.165, 1.54) is 0 Å². The topological polar surface area (TPSA) is 68.6 Å². The van der Waals surface area contributed by atoms with Crippen LogP contribution in [0.25, 0.3) is 0 Å². The summed E-state index contributed by atoms with van der Waals surface area (Å²) in [4.78, 5) is 19.7. The van der Waals surface area contributed by atoms with Gasteiger partial charge in [0, 0.05) is 25.8 Å². The van der Waals surface area contributed by atoms with Crippen LogP contribution in [0, 0.1) is 5.92 Å². The first-order valence-corrected chi connectivity index (χ1v) is 9.72. The number of carbonyl (C=O) groups excluding carboxylic acids is 1. The molecule has 0 bridgehead atoms. The summed E-state index contributed by atoms with van der Waals surface area (Å²) in [6, 6.07) is 5.47. The Balaban J connectivity index is 1.68. The van der Waals surface area contributed by atoms with Gasteiger partial charge in [-0.25, -0.2) is 4.98 Å². The van der Waals surface area contributed by atoms with Gasteiger partial charge < -0.3 is 19.4 Å². The molecule has 1 aliphatic heterocycles. The number of nitrogens with one attached hydrogen (secondary N) is 1. The fourth-order valence-corrected chi connectivity index (χ4v) is 3.56. The van der Waals surface area contributed by atoms with Crippen LogP contribution in [-0.4, -0.2) is 47.7 Å². The second kappa shape index (κ2) is 8.65. The molecule has 0 spiro atoms. The van der Waals surface area contributed by atoms with Crippen molar-refractivity contribution in [3.63, 3.8) is 0 Å². The van der Waals surface area contributed by atoms with Crippen molar-refractivity contribution < 1.29 is 14.3 Å². The van der Waals surface area contributed by atoms with E-state index < -0.39 is 0 Å². The molecular formula is C21H30N4O3. The molecule has 0 unspecified atom stereocenters. The lowest BCUT2D eigenvalue weighted by atomic mass is 10.1. The normalized spacial score (nSPS) is 15.2. The summed E-state index contributed by atoms with van der Waals surface area (Å²) < 4.78 is 12.7. The molecule has 0 saturated carbocycles. The van der Waals surface area contributed by atoms with Gasteiger partial charge in [0.15, 0.2) is 11.5 Å². The Kier molecular flexibility index (Phi) is 6.24. The van der Waals surface area contributed by atoms with E-state index in [2.05, 4.69) is 33.6 Å². The van der Waals surface area contributed by atoms with Crippen molar-refractivity contribution in [2.75, 3.05) is 27.3 Å². The molecule has 0 saturated heterocycles. The van der Waals surface area contributed by atoms with Crippen LogP contribution in [0.3, 0.4) is 0 Å². The van der Waals surface area contributed by atoms with Crippen LogP contribution in [0.1, 0.15) is 48.7 Å². The fraction of sp³-hybridized carbons (Fsp3) is 0.524. The van der Waals surface area contributed by atoms with E-state index in [9.17, 15) is 4.79 Å². The summed E-state index contributed by atoms with van der Waals surface area (Å²) in [7, 11) is 3.20. The molecule has 1 aromatic heterocycles. The van der Waals surface area contributed by atoms with Crippen molar-refractivity contribution in [1.29, 1.82) is 0 Å². The molecule has 2 heterocycles. The quantitative estimate of drug-likeness (QED) is 0.792. The van der Waals surface area contributed by atoms with Gasteiger partial charge in [0.2, 0.25) is 0 Å². The second-order valence-electron chi connectivity index (χ2n) is 7.67. The zero-order chi connectivity index (χ0) is 20.3. The summed E-state index contributed by atoms with van der Waals surface area (Å²) >= 11 is 0. The first-order valence-electron chi connectivity index (χ1n) is 9.72. The van der Waals surface area contributed by atoms with Crippen LogP contribution in [0.2, 0.25) is 0 Å². The monoisotopic (exact) mass is 386 g/mol. The maximum absolute atomic E-state index is 12.7. The number of imidazole rings is 1. The van der Waals surface area contributed by atoms with Gasteiger partial charge in [0.25, 0.3) is 5.91 Å². The third-order valence-electron chi connectivity index (χ3n) is 4.99. The highest BCUT2D eigenvalue weighted by Gasteiger charge is 2.22. The maximum Gasteiger partial charge on any atom is 0.271 e. The lowest BCUT2D eigenvalue weighted by molar-refractivity contribution is 0.0935. The van der Waals surface area contributed by atoms with Gasteiger partial charge in [-0.05, 0) is 30.5 Å². The van der Waals surface area contributed by atoms with Gasteiger partial charge >= 0.3 is 0 Å². The smallest absolute Gasteiger partial charge is 0.271 e. The number of carbonyl (C=O) groups is 1. The number of hydrogen-bond donors (Lipinski definition) is 1. The first kappa shape index (κ1) is 20.2. The van der Waals surface area contributed by atoms with Crippen LogP contribution >= 0.6 is 0 Å². The number of amides is 1. The van der Waals surface area contributed by atoms with E-state index in [-0.39, 0.29) is 11.9 Å². The number of methoxy groups -OCH3 is 2. The number of aromatic nitrogens is 2. The highest BCUT2D eigenvalue weighted by atomic mass is 16.5. The van der Waals surface area contributed by atoms with E-state index in [1.807, 2.05) is 31.3 Å². The van der Waals surface area contributed by atoms with Gasteiger partial charge in [0.1, 0.15) is 11.5 Å². The molecule has 1 aliphatic rings. The first-order chi connectivity index (χ1) is 13.4. The molecule has 152 valence electrons. The maximum atomic E-state index is 12.7. The summed E-state index contributed by atoms with van der Waals surface area (Å²) in [5.74, 6) is 2.71. The highest BCUT2D eigenvalue weighted by molar-refractivity contribution is 5.92. The minimum absolute atomic E-state index is 0.167. The fourth-order valence-electron chi connectivity index (χ4n) is 3.56. The van der Waals surface area contributed by atoms with Crippen LogP contribution in [0.15, 0.2) is 24.4 Å². The molecular weight excluding hydrogens is 356 g/mol. The Hall–Kier alpha value is -2.54. The van der Waals surface area contributed by atoms with E-state index >= 15 is 0 Å². The molecule has 2 aromatic rings. The average molecular weight is 386 g/mol. The molecule has 1 aromatic carbocycles. The minimum Gasteiger partial charge on any atom is -0.493 e. The van der Waals surface area contributed by atoms with Gasteiger partial charge in [-0.2, -0.15) is 0 Å². The molecule has 3 rings (SSSR count). The molecule has 0 radical (unpaired) electrons. The Labute approximate surface area is 166 Å². The average Bonchev–Trinajstić information content (AvgIpc) is 3.10. The van der Waals surface area contributed by atoms with Gasteiger partial charge in [-0.15, -0.1) is 0 Å². The minimum atomic E-state index is -0.177. The number of ether oxygens (including phenoxy) is 2. The molecule has 0 aliphatic carbocycles. The lowest BCUT2D eigenvalue weighted by Gasteiger charge is -2.28. The Morgan fingerprint density at radius 2 is 1.93 bits per heavy atom. The zero-order valence-electron chi connectivity index (χ0n) is 17.4. The van der Waals surface area contributed by atoms with Crippen LogP contribution in [0.5, 0.6) is 11.5 Å². The van der Waals surface area contributed by atoms with E-state index in [0.29, 0.717) is 23.1 Å². The van der Waals surface area contributed by atoms with E-state index in [4.69, 9.17) is 9.47 Å². The summed E-state index contributed by atoms with van der Waals surface area (Å²) in [6.45, 7) is 10.1. The Bertz CT molecular complexity index is 831. The number of fused-ring (bicyclic) bond motifs is 1. The predicted octanol–water partition coefficient (Wildman–Crippen LogP) is 2.86.